The van der Waals surface area contributed by atoms with Gasteiger partial charge < -0.3 is 10.3 Å². The zero-order valence-corrected chi connectivity index (χ0v) is 13.1. The summed E-state index contributed by atoms with van der Waals surface area (Å²) in [7, 11) is 0. The number of aromatic nitrogens is 2. The van der Waals surface area contributed by atoms with Gasteiger partial charge in [-0.15, -0.1) is 0 Å². The zero-order valence-electron chi connectivity index (χ0n) is 12.4. The first-order valence-electron chi connectivity index (χ1n) is 7.06. The van der Waals surface area contributed by atoms with E-state index in [0.717, 1.165) is 28.1 Å². The molecule has 0 aliphatic carbocycles. The van der Waals surface area contributed by atoms with Crippen molar-refractivity contribution in [3.05, 3.63) is 52.8 Å². The van der Waals surface area contributed by atoms with E-state index in [2.05, 4.69) is 37.1 Å². The molecule has 0 amide bonds. The molecule has 0 aliphatic heterocycles. The molecule has 0 saturated carbocycles. The number of anilines is 2. The molecule has 0 unspecified atom stereocenters. The Balaban J connectivity index is 2.02. The SMILES string of the molecule is Cc1ccc(Nc2cc(Cl)cc3[nH]ccc23)nc1C(C)C. The smallest absolute Gasteiger partial charge is 0.130 e. The highest BCUT2D eigenvalue weighted by atomic mass is 35.5. The van der Waals surface area contributed by atoms with E-state index in [0.29, 0.717) is 10.9 Å². The predicted octanol–water partition coefficient (Wildman–Crippen LogP) is 5.39. The first-order chi connectivity index (χ1) is 10.0. The Kier molecular flexibility index (Phi) is 3.60. The van der Waals surface area contributed by atoms with Crippen molar-refractivity contribution < 1.29 is 0 Å². The van der Waals surface area contributed by atoms with Gasteiger partial charge in [-0.05, 0) is 42.7 Å². The van der Waals surface area contributed by atoms with Crippen molar-refractivity contribution in [2.24, 2.45) is 0 Å². The van der Waals surface area contributed by atoms with Crippen LogP contribution in [0.1, 0.15) is 31.0 Å². The molecule has 0 radical (unpaired) electrons. The van der Waals surface area contributed by atoms with Crippen molar-refractivity contribution in [3.8, 4) is 0 Å². The standard InChI is InChI=1S/C17H18ClN3/c1-10(2)17-11(3)4-5-16(21-17)20-15-9-12(18)8-14-13(15)6-7-19-14/h4-10,19H,1-3H3,(H,20,21). The molecule has 4 heteroatoms. The topological polar surface area (TPSA) is 40.7 Å². The number of rotatable bonds is 3. The van der Waals surface area contributed by atoms with E-state index in [1.54, 1.807) is 0 Å². The Morgan fingerprint density at radius 2 is 2.00 bits per heavy atom. The van der Waals surface area contributed by atoms with Crippen LogP contribution < -0.4 is 5.32 Å². The summed E-state index contributed by atoms with van der Waals surface area (Å²) in [6.07, 6.45) is 1.91. The quantitative estimate of drug-likeness (QED) is 0.680. The molecule has 3 rings (SSSR count). The number of benzene rings is 1. The fourth-order valence-electron chi connectivity index (χ4n) is 2.57. The Labute approximate surface area is 129 Å². The highest BCUT2D eigenvalue weighted by molar-refractivity contribution is 6.31. The van der Waals surface area contributed by atoms with Crippen LogP contribution >= 0.6 is 11.6 Å². The van der Waals surface area contributed by atoms with Gasteiger partial charge in [0, 0.05) is 27.8 Å². The molecule has 0 spiro atoms. The Morgan fingerprint density at radius 1 is 1.19 bits per heavy atom. The van der Waals surface area contributed by atoms with Crippen molar-refractivity contribution >= 4 is 34.0 Å². The lowest BCUT2D eigenvalue weighted by Gasteiger charge is -2.13. The highest BCUT2D eigenvalue weighted by Gasteiger charge is 2.09. The Hall–Kier alpha value is -2.00. The molecule has 2 aromatic heterocycles. The highest BCUT2D eigenvalue weighted by Crippen LogP contribution is 2.30. The van der Waals surface area contributed by atoms with Gasteiger partial charge >= 0.3 is 0 Å². The molecule has 21 heavy (non-hydrogen) atoms. The summed E-state index contributed by atoms with van der Waals surface area (Å²) in [6.45, 7) is 6.40. The van der Waals surface area contributed by atoms with Gasteiger partial charge in [0.05, 0.1) is 5.69 Å². The van der Waals surface area contributed by atoms with Gasteiger partial charge in [0.15, 0.2) is 0 Å². The average Bonchev–Trinajstić information content (AvgIpc) is 2.88. The summed E-state index contributed by atoms with van der Waals surface area (Å²) in [5.41, 5.74) is 4.31. The minimum absolute atomic E-state index is 0.401. The van der Waals surface area contributed by atoms with E-state index >= 15 is 0 Å². The molecule has 108 valence electrons. The van der Waals surface area contributed by atoms with Crippen LogP contribution in [-0.4, -0.2) is 9.97 Å². The lowest BCUT2D eigenvalue weighted by atomic mass is 10.1. The lowest BCUT2D eigenvalue weighted by Crippen LogP contribution is -2.01. The van der Waals surface area contributed by atoms with Crippen LogP contribution in [-0.2, 0) is 0 Å². The van der Waals surface area contributed by atoms with Crippen LogP contribution in [0.5, 0.6) is 0 Å². The molecule has 0 fully saturated rings. The molecule has 2 N–H and O–H groups in total. The molecule has 3 nitrogen and oxygen atoms in total. The number of nitrogens with zero attached hydrogens (tertiary/aromatic N) is 1. The minimum Gasteiger partial charge on any atom is -0.361 e. The number of aromatic amines is 1. The number of hydrogen-bond acceptors (Lipinski definition) is 2. The van der Waals surface area contributed by atoms with Crippen molar-refractivity contribution in [1.82, 2.24) is 9.97 Å². The first-order valence-corrected chi connectivity index (χ1v) is 7.43. The number of hydrogen-bond donors (Lipinski definition) is 2. The van der Waals surface area contributed by atoms with Gasteiger partial charge in [-0.2, -0.15) is 0 Å². The molecule has 0 saturated heterocycles. The third kappa shape index (κ3) is 2.74. The first kappa shape index (κ1) is 14.0. The second-order valence-electron chi connectivity index (χ2n) is 5.57. The van der Waals surface area contributed by atoms with Gasteiger partial charge in [0.25, 0.3) is 0 Å². The number of nitrogens with one attached hydrogen (secondary N) is 2. The lowest BCUT2D eigenvalue weighted by molar-refractivity contribution is 0.813. The minimum atomic E-state index is 0.401. The second-order valence-corrected chi connectivity index (χ2v) is 6.01. The largest absolute Gasteiger partial charge is 0.361 e. The summed E-state index contributed by atoms with van der Waals surface area (Å²) in [5.74, 6) is 1.24. The second kappa shape index (κ2) is 5.41. The number of aryl methyl sites for hydroxylation is 1. The molecule has 2 heterocycles. The van der Waals surface area contributed by atoms with E-state index in [-0.39, 0.29) is 0 Å². The molecule has 0 bridgehead atoms. The molecule has 1 aromatic carbocycles. The molecule has 0 atom stereocenters. The third-order valence-corrected chi connectivity index (χ3v) is 3.80. The number of pyridine rings is 1. The summed E-state index contributed by atoms with van der Waals surface area (Å²) in [5, 5.41) is 5.18. The third-order valence-electron chi connectivity index (χ3n) is 3.58. The maximum atomic E-state index is 6.17. The van der Waals surface area contributed by atoms with E-state index in [4.69, 9.17) is 16.6 Å². The monoisotopic (exact) mass is 299 g/mol. The van der Waals surface area contributed by atoms with E-state index in [9.17, 15) is 0 Å². The summed E-state index contributed by atoms with van der Waals surface area (Å²) in [4.78, 5) is 7.90. The summed E-state index contributed by atoms with van der Waals surface area (Å²) >= 11 is 6.17. The van der Waals surface area contributed by atoms with Crippen LogP contribution in [0, 0.1) is 6.92 Å². The van der Waals surface area contributed by atoms with Crippen molar-refractivity contribution in [3.63, 3.8) is 0 Å². The van der Waals surface area contributed by atoms with Crippen LogP contribution in [0.2, 0.25) is 5.02 Å². The van der Waals surface area contributed by atoms with Crippen LogP contribution in [0.4, 0.5) is 11.5 Å². The summed E-state index contributed by atoms with van der Waals surface area (Å²) in [6, 6.07) is 9.98. The Bertz CT molecular complexity index is 790. The molecule has 0 aliphatic rings. The predicted molar refractivity (Wildman–Crippen MR) is 89.7 cm³/mol. The zero-order chi connectivity index (χ0) is 15.0. The van der Waals surface area contributed by atoms with Crippen LogP contribution in [0.25, 0.3) is 10.9 Å². The fourth-order valence-corrected chi connectivity index (χ4v) is 2.79. The van der Waals surface area contributed by atoms with Crippen molar-refractivity contribution in [2.45, 2.75) is 26.7 Å². The molecular weight excluding hydrogens is 282 g/mol. The van der Waals surface area contributed by atoms with Crippen molar-refractivity contribution in [1.29, 1.82) is 0 Å². The maximum absolute atomic E-state index is 6.17. The van der Waals surface area contributed by atoms with Gasteiger partial charge in [-0.3, -0.25) is 0 Å². The maximum Gasteiger partial charge on any atom is 0.130 e. The van der Waals surface area contributed by atoms with Gasteiger partial charge in [0.2, 0.25) is 0 Å². The average molecular weight is 300 g/mol. The van der Waals surface area contributed by atoms with Gasteiger partial charge in [-0.25, -0.2) is 4.98 Å². The van der Waals surface area contributed by atoms with E-state index in [1.165, 1.54) is 5.56 Å². The van der Waals surface area contributed by atoms with E-state index < -0.39 is 0 Å². The fraction of sp³-hybridized carbons (Fsp3) is 0.235. The summed E-state index contributed by atoms with van der Waals surface area (Å²) < 4.78 is 0. The van der Waals surface area contributed by atoms with Crippen LogP contribution in [0.15, 0.2) is 36.5 Å². The normalized spacial score (nSPS) is 11.3. The molecular formula is C17H18ClN3. The van der Waals surface area contributed by atoms with E-state index in [1.807, 2.05) is 30.5 Å². The van der Waals surface area contributed by atoms with Crippen LogP contribution in [0.3, 0.4) is 0 Å². The van der Waals surface area contributed by atoms with Gasteiger partial charge in [-0.1, -0.05) is 31.5 Å². The number of H-pyrrole nitrogens is 1. The molecule has 3 aromatic rings. The van der Waals surface area contributed by atoms with Gasteiger partial charge in [0.1, 0.15) is 5.82 Å². The number of fused-ring (bicyclic) bond motifs is 1. The Morgan fingerprint density at radius 3 is 2.76 bits per heavy atom. The van der Waals surface area contributed by atoms with Crippen molar-refractivity contribution in [2.75, 3.05) is 5.32 Å². The number of halogens is 1.